The molecule has 250 valence electrons. The summed E-state index contributed by atoms with van der Waals surface area (Å²) >= 11 is 0. The number of ether oxygens (including phenoxy) is 2. The molecule has 2 aliphatic heterocycles. The van der Waals surface area contributed by atoms with Gasteiger partial charge >= 0.3 is 12.2 Å². The summed E-state index contributed by atoms with van der Waals surface area (Å²) in [5, 5.41) is 0. The summed E-state index contributed by atoms with van der Waals surface area (Å²) in [5.74, 6) is 2.69. The normalized spacial score (nSPS) is 25.9. The zero-order valence-corrected chi connectivity index (χ0v) is 28.5. The van der Waals surface area contributed by atoms with E-state index in [1.165, 1.54) is 0 Å². The van der Waals surface area contributed by atoms with Gasteiger partial charge < -0.3 is 19.4 Å². The van der Waals surface area contributed by atoms with E-state index >= 15 is 0 Å². The zero-order valence-electron chi connectivity index (χ0n) is 28.5. The topological polar surface area (TPSA) is 116 Å². The minimum Gasteiger partial charge on any atom is -0.444 e. The van der Waals surface area contributed by atoms with Crippen LogP contribution in [-0.2, 0) is 9.47 Å². The lowest BCUT2D eigenvalue weighted by atomic mass is 10.0. The molecular formula is C38H44N6O4. The number of fused-ring (bicyclic) bond motifs is 2. The van der Waals surface area contributed by atoms with Crippen molar-refractivity contribution in [2.24, 2.45) is 11.8 Å². The average Bonchev–Trinajstić information content (AvgIpc) is 3.62. The van der Waals surface area contributed by atoms with E-state index in [4.69, 9.17) is 19.4 Å². The summed E-state index contributed by atoms with van der Waals surface area (Å²) in [6.45, 7) is 11.4. The van der Waals surface area contributed by atoms with E-state index in [9.17, 15) is 9.59 Å². The molecule has 0 bridgehead atoms. The lowest BCUT2D eigenvalue weighted by molar-refractivity contribution is 0.0164. The van der Waals surface area contributed by atoms with Gasteiger partial charge in [-0.15, -0.1) is 0 Å². The Morgan fingerprint density at radius 2 is 0.958 bits per heavy atom. The monoisotopic (exact) mass is 648 g/mol. The van der Waals surface area contributed by atoms with Gasteiger partial charge in [0.25, 0.3) is 0 Å². The molecule has 2 saturated carbocycles. The van der Waals surface area contributed by atoms with E-state index in [-0.39, 0.29) is 36.4 Å². The highest BCUT2D eigenvalue weighted by Crippen LogP contribution is 2.54. The molecule has 4 aromatic rings. The maximum absolute atomic E-state index is 13.0. The standard InChI is InChI=1S/C38H44N6O4/c1-37(2,3)47-35(45)43-29-15-25(29)17-31(43)33-39-19-27(41-33)23-11-7-21(8-12-23)22-9-13-24(14-10-22)28-20-40-34(42-28)32-18-26-16-30(26)44(32)36(46)48-38(4,5)6/h7-14,19-20,25-26,29-32H,15-18H2,1-6H3,(H,39,41)(H,40,42)/t25?,26?,29?,30?,31-,32?/m0/s1. The molecule has 48 heavy (non-hydrogen) atoms. The first kappa shape index (κ1) is 30.7. The van der Waals surface area contributed by atoms with Gasteiger partial charge in [-0.25, -0.2) is 19.6 Å². The third-order valence-electron chi connectivity index (χ3n) is 9.96. The molecule has 2 aliphatic carbocycles. The van der Waals surface area contributed by atoms with Gasteiger partial charge in [-0.05, 0) is 101 Å². The van der Waals surface area contributed by atoms with Gasteiger partial charge in [-0.3, -0.25) is 9.80 Å². The summed E-state index contributed by atoms with van der Waals surface area (Å²) < 4.78 is 11.4. The van der Waals surface area contributed by atoms with Crippen LogP contribution in [0.15, 0.2) is 60.9 Å². The van der Waals surface area contributed by atoms with Crippen molar-refractivity contribution in [3.8, 4) is 33.6 Å². The van der Waals surface area contributed by atoms with Crippen molar-refractivity contribution < 1.29 is 19.1 Å². The number of aromatic amines is 2. The van der Waals surface area contributed by atoms with Crippen LogP contribution in [0.25, 0.3) is 33.6 Å². The lowest BCUT2D eigenvalue weighted by Gasteiger charge is -2.29. The summed E-state index contributed by atoms with van der Waals surface area (Å²) in [7, 11) is 0. The van der Waals surface area contributed by atoms with Crippen LogP contribution < -0.4 is 0 Å². The van der Waals surface area contributed by atoms with Crippen molar-refractivity contribution in [1.82, 2.24) is 29.7 Å². The van der Waals surface area contributed by atoms with Crippen molar-refractivity contribution in [1.29, 1.82) is 0 Å². The first-order valence-electron chi connectivity index (χ1n) is 17.1. The molecule has 0 radical (unpaired) electrons. The van der Waals surface area contributed by atoms with Gasteiger partial charge in [-0.1, -0.05) is 48.5 Å². The van der Waals surface area contributed by atoms with Crippen LogP contribution in [0.3, 0.4) is 0 Å². The molecule has 4 fully saturated rings. The minimum absolute atomic E-state index is 0.0891. The Kier molecular flexibility index (Phi) is 7.02. The molecule has 0 spiro atoms. The number of H-pyrrole nitrogens is 2. The highest BCUT2D eigenvalue weighted by Gasteiger charge is 2.57. The molecule has 5 unspecified atom stereocenters. The van der Waals surface area contributed by atoms with Crippen LogP contribution in [-0.4, -0.2) is 65.2 Å². The Morgan fingerprint density at radius 3 is 1.31 bits per heavy atom. The van der Waals surface area contributed by atoms with Crippen LogP contribution >= 0.6 is 0 Å². The molecule has 2 N–H and O–H groups in total. The smallest absolute Gasteiger partial charge is 0.411 e. The van der Waals surface area contributed by atoms with Crippen molar-refractivity contribution >= 4 is 12.2 Å². The second kappa shape index (κ2) is 11.0. The van der Waals surface area contributed by atoms with Crippen molar-refractivity contribution in [3.05, 3.63) is 72.6 Å². The van der Waals surface area contributed by atoms with Gasteiger partial charge in [0.05, 0.1) is 35.9 Å². The molecule has 2 aromatic heterocycles. The number of amides is 2. The molecule has 4 heterocycles. The second-order valence-corrected chi connectivity index (χ2v) is 15.9. The first-order chi connectivity index (χ1) is 22.8. The van der Waals surface area contributed by atoms with Crippen LogP contribution in [0, 0.1) is 11.8 Å². The van der Waals surface area contributed by atoms with Crippen LogP contribution in [0.2, 0.25) is 0 Å². The summed E-state index contributed by atoms with van der Waals surface area (Å²) in [6, 6.07) is 17.2. The molecular weight excluding hydrogens is 604 g/mol. The summed E-state index contributed by atoms with van der Waals surface area (Å²) in [4.78, 5) is 46.2. The van der Waals surface area contributed by atoms with Gasteiger partial charge in [0.2, 0.25) is 0 Å². The Hall–Kier alpha value is -4.60. The SMILES string of the molecule is CC(C)(C)OC(=O)N1C(c2ncc(-c3ccc(-c4ccc(-c5cnc([C@@H]6CC7CC7N6C(=O)OC(C)(C)C)[nH]5)cc4)cc3)[nH]2)CC2CC21. The quantitative estimate of drug-likeness (QED) is 0.225. The molecule has 10 heteroatoms. The van der Waals surface area contributed by atoms with E-state index < -0.39 is 11.2 Å². The average molecular weight is 649 g/mol. The Labute approximate surface area is 281 Å². The number of likely N-dealkylation sites (tertiary alicyclic amines) is 2. The number of hydrogen-bond donors (Lipinski definition) is 2. The van der Waals surface area contributed by atoms with Gasteiger partial charge in [0.15, 0.2) is 0 Å². The highest BCUT2D eigenvalue weighted by molar-refractivity contribution is 5.73. The van der Waals surface area contributed by atoms with E-state index in [1.54, 1.807) is 0 Å². The number of carbonyl (C=O) groups excluding carboxylic acids is 2. The van der Waals surface area contributed by atoms with E-state index in [0.29, 0.717) is 11.8 Å². The van der Waals surface area contributed by atoms with Crippen molar-refractivity contribution in [2.75, 3.05) is 0 Å². The van der Waals surface area contributed by atoms with Crippen LogP contribution in [0.1, 0.15) is 91.0 Å². The number of imidazole rings is 2. The minimum atomic E-state index is -0.532. The van der Waals surface area contributed by atoms with Crippen molar-refractivity contribution in [2.45, 2.75) is 103 Å². The molecule has 10 nitrogen and oxygen atoms in total. The number of benzene rings is 2. The summed E-state index contributed by atoms with van der Waals surface area (Å²) in [6.07, 6.45) is 7.12. The number of carbonyl (C=O) groups is 2. The summed E-state index contributed by atoms with van der Waals surface area (Å²) in [5.41, 5.74) is 5.09. The fourth-order valence-electron chi connectivity index (χ4n) is 7.55. The highest BCUT2D eigenvalue weighted by atomic mass is 16.6. The second-order valence-electron chi connectivity index (χ2n) is 15.9. The number of rotatable bonds is 5. The molecule has 8 rings (SSSR count). The van der Waals surface area contributed by atoms with E-state index in [0.717, 1.165) is 71.0 Å². The van der Waals surface area contributed by atoms with Gasteiger partial charge in [0.1, 0.15) is 22.9 Å². The van der Waals surface area contributed by atoms with Gasteiger partial charge in [0, 0.05) is 12.1 Å². The number of nitrogens with one attached hydrogen (secondary N) is 2. The third-order valence-corrected chi connectivity index (χ3v) is 9.96. The molecule has 2 amide bonds. The van der Waals surface area contributed by atoms with Crippen LogP contribution in [0.5, 0.6) is 0 Å². The largest absolute Gasteiger partial charge is 0.444 e. The number of hydrogen-bond acceptors (Lipinski definition) is 6. The number of aromatic nitrogens is 4. The Balaban J connectivity index is 0.935. The fourth-order valence-corrected chi connectivity index (χ4v) is 7.55. The first-order valence-corrected chi connectivity index (χ1v) is 17.1. The molecule has 4 aliphatic rings. The molecule has 6 atom stereocenters. The Bertz CT molecular complexity index is 1710. The van der Waals surface area contributed by atoms with Crippen LogP contribution in [0.4, 0.5) is 9.59 Å². The fraction of sp³-hybridized carbons (Fsp3) is 0.474. The Morgan fingerprint density at radius 1 is 0.604 bits per heavy atom. The zero-order chi connectivity index (χ0) is 33.5. The maximum Gasteiger partial charge on any atom is 0.411 e. The molecule has 2 saturated heterocycles. The number of nitrogens with zero attached hydrogens (tertiary/aromatic N) is 4. The predicted molar refractivity (Wildman–Crippen MR) is 182 cm³/mol. The lowest BCUT2D eigenvalue weighted by Crippen LogP contribution is -2.38. The van der Waals surface area contributed by atoms with E-state index in [2.05, 4.69) is 58.5 Å². The van der Waals surface area contributed by atoms with Crippen molar-refractivity contribution in [3.63, 3.8) is 0 Å². The molecule has 2 aromatic carbocycles. The predicted octanol–water partition coefficient (Wildman–Crippen LogP) is 8.27. The van der Waals surface area contributed by atoms with Gasteiger partial charge in [-0.2, -0.15) is 0 Å². The van der Waals surface area contributed by atoms with E-state index in [1.807, 2.05) is 63.7 Å². The maximum atomic E-state index is 13.0. The number of piperidine rings is 2. The third kappa shape index (κ3) is 5.86.